The van der Waals surface area contributed by atoms with Crippen LogP contribution in [0.15, 0.2) is 66.7 Å². The Balaban J connectivity index is 1.56. The van der Waals surface area contributed by atoms with E-state index in [1.54, 1.807) is 30.2 Å². The summed E-state index contributed by atoms with van der Waals surface area (Å²) < 4.78 is 7.24. The normalized spacial score (nSPS) is 15.0. The Morgan fingerprint density at radius 2 is 1.79 bits per heavy atom. The van der Waals surface area contributed by atoms with Crippen molar-refractivity contribution in [2.75, 3.05) is 19.0 Å². The fourth-order valence-corrected chi connectivity index (χ4v) is 4.92. The Morgan fingerprint density at radius 1 is 1.06 bits per heavy atom. The van der Waals surface area contributed by atoms with Crippen LogP contribution in [0.25, 0.3) is 10.9 Å². The molecule has 6 nitrogen and oxygen atoms in total. The summed E-state index contributed by atoms with van der Waals surface area (Å²) in [5.41, 5.74) is 4.84. The maximum absolute atomic E-state index is 13.7. The van der Waals surface area contributed by atoms with Gasteiger partial charge < -0.3 is 19.5 Å². The fourth-order valence-electron chi connectivity index (χ4n) is 4.75. The van der Waals surface area contributed by atoms with E-state index in [1.165, 1.54) is 0 Å². The number of ether oxygens (including phenoxy) is 1. The van der Waals surface area contributed by atoms with Gasteiger partial charge in [0.05, 0.1) is 13.2 Å². The average Bonchev–Trinajstić information content (AvgIpc) is 3.29. The van der Waals surface area contributed by atoms with Gasteiger partial charge in [0, 0.05) is 34.2 Å². The van der Waals surface area contributed by atoms with Gasteiger partial charge in [0.2, 0.25) is 5.91 Å². The molecule has 1 N–H and O–H groups in total. The molecular formula is C27H24ClN3O3. The minimum absolute atomic E-state index is 0.0928. The third-order valence-electron chi connectivity index (χ3n) is 6.48. The summed E-state index contributed by atoms with van der Waals surface area (Å²) >= 11 is 6.21. The van der Waals surface area contributed by atoms with Crippen molar-refractivity contribution in [1.29, 1.82) is 0 Å². The van der Waals surface area contributed by atoms with Crippen LogP contribution < -0.4 is 10.1 Å². The first-order chi connectivity index (χ1) is 16.4. The number of aromatic nitrogens is 1. The first-order valence-corrected chi connectivity index (χ1v) is 11.4. The molecule has 0 fully saturated rings. The third kappa shape index (κ3) is 3.51. The molecule has 0 spiro atoms. The number of aryl methyl sites for hydroxylation is 1. The lowest BCUT2D eigenvalue weighted by Crippen LogP contribution is -2.37. The molecular weight excluding hydrogens is 450 g/mol. The molecule has 0 radical (unpaired) electrons. The molecule has 0 saturated carbocycles. The summed E-state index contributed by atoms with van der Waals surface area (Å²) in [5.74, 6) is 0.272. The molecule has 4 aromatic rings. The van der Waals surface area contributed by atoms with Crippen molar-refractivity contribution in [1.82, 2.24) is 9.47 Å². The van der Waals surface area contributed by atoms with Gasteiger partial charge in [-0.15, -0.1) is 0 Å². The third-order valence-corrected chi connectivity index (χ3v) is 6.89. The number of amides is 2. The SMILES string of the molecule is COc1ccc([C@@H]2c3c(n(C)c4ccccc34)C(=O)N2CC(=O)Nc2cccc(Cl)c2C)cc1. The Bertz CT molecular complexity index is 1430. The monoisotopic (exact) mass is 473 g/mol. The van der Waals surface area contributed by atoms with E-state index in [2.05, 4.69) is 5.32 Å². The van der Waals surface area contributed by atoms with Crippen LogP contribution in [0.2, 0.25) is 5.02 Å². The maximum Gasteiger partial charge on any atom is 0.272 e. The number of carbonyl (C=O) groups is 2. The van der Waals surface area contributed by atoms with Gasteiger partial charge >= 0.3 is 0 Å². The summed E-state index contributed by atoms with van der Waals surface area (Å²) in [6.07, 6.45) is 0. The van der Waals surface area contributed by atoms with Crippen molar-refractivity contribution < 1.29 is 14.3 Å². The summed E-state index contributed by atoms with van der Waals surface area (Å²) in [5, 5.41) is 4.49. The van der Waals surface area contributed by atoms with Gasteiger partial charge in [-0.05, 0) is 48.4 Å². The second-order valence-electron chi connectivity index (χ2n) is 8.41. The second kappa shape index (κ2) is 8.54. The molecule has 5 rings (SSSR count). The molecule has 0 bridgehead atoms. The quantitative estimate of drug-likeness (QED) is 0.426. The molecule has 3 aromatic carbocycles. The van der Waals surface area contributed by atoms with Crippen LogP contribution in [0.4, 0.5) is 5.69 Å². The number of para-hydroxylation sites is 1. The predicted octanol–water partition coefficient (Wildman–Crippen LogP) is 5.33. The Hall–Kier alpha value is -3.77. The van der Waals surface area contributed by atoms with Crippen LogP contribution in [0.1, 0.15) is 33.2 Å². The highest BCUT2D eigenvalue weighted by Gasteiger charge is 2.42. The predicted molar refractivity (Wildman–Crippen MR) is 134 cm³/mol. The highest BCUT2D eigenvalue weighted by atomic mass is 35.5. The number of hydrogen-bond donors (Lipinski definition) is 1. The van der Waals surface area contributed by atoms with E-state index in [1.807, 2.05) is 67.1 Å². The van der Waals surface area contributed by atoms with Crippen molar-refractivity contribution in [3.8, 4) is 5.75 Å². The molecule has 0 unspecified atom stereocenters. The number of halogens is 1. The van der Waals surface area contributed by atoms with E-state index in [4.69, 9.17) is 16.3 Å². The largest absolute Gasteiger partial charge is 0.497 e. The molecule has 2 heterocycles. The highest BCUT2D eigenvalue weighted by Crippen LogP contribution is 2.44. The first-order valence-electron chi connectivity index (χ1n) is 11.0. The molecule has 172 valence electrons. The van der Waals surface area contributed by atoms with Gasteiger partial charge in [0.1, 0.15) is 18.0 Å². The van der Waals surface area contributed by atoms with Crippen LogP contribution in [0, 0.1) is 6.92 Å². The van der Waals surface area contributed by atoms with Crippen molar-refractivity contribution in [3.05, 3.63) is 94.1 Å². The van der Waals surface area contributed by atoms with Crippen LogP contribution >= 0.6 is 11.6 Å². The average molecular weight is 474 g/mol. The summed E-state index contributed by atoms with van der Waals surface area (Å²) in [6, 6.07) is 20.6. The smallest absolute Gasteiger partial charge is 0.272 e. The molecule has 7 heteroatoms. The van der Waals surface area contributed by atoms with Gasteiger partial charge in [0.15, 0.2) is 0 Å². The lowest BCUT2D eigenvalue weighted by molar-refractivity contribution is -0.117. The number of nitrogens with one attached hydrogen (secondary N) is 1. The second-order valence-corrected chi connectivity index (χ2v) is 8.81. The summed E-state index contributed by atoms with van der Waals surface area (Å²) in [6.45, 7) is 1.76. The van der Waals surface area contributed by atoms with Crippen LogP contribution in [-0.2, 0) is 11.8 Å². The number of rotatable bonds is 5. The first kappa shape index (κ1) is 22.0. The van der Waals surface area contributed by atoms with Gasteiger partial charge in [-0.3, -0.25) is 9.59 Å². The van der Waals surface area contributed by atoms with Crippen molar-refractivity contribution in [2.45, 2.75) is 13.0 Å². The van der Waals surface area contributed by atoms with E-state index < -0.39 is 6.04 Å². The Morgan fingerprint density at radius 3 is 2.53 bits per heavy atom. The van der Waals surface area contributed by atoms with E-state index in [9.17, 15) is 9.59 Å². The molecule has 1 aromatic heterocycles. The molecule has 0 aliphatic carbocycles. The molecule has 1 aliphatic rings. The molecule has 1 atom stereocenters. The number of fused-ring (bicyclic) bond motifs is 3. The zero-order chi connectivity index (χ0) is 24.0. The zero-order valence-electron chi connectivity index (χ0n) is 19.1. The van der Waals surface area contributed by atoms with Gasteiger partial charge in [0.25, 0.3) is 5.91 Å². The lowest BCUT2D eigenvalue weighted by Gasteiger charge is -2.26. The lowest BCUT2D eigenvalue weighted by atomic mass is 9.98. The van der Waals surface area contributed by atoms with Crippen molar-refractivity contribution >= 4 is 40.0 Å². The maximum atomic E-state index is 13.7. The van der Waals surface area contributed by atoms with Gasteiger partial charge in [-0.25, -0.2) is 0 Å². The number of methoxy groups -OCH3 is 1. The van der Waals surface area contributed by atoms with E-state index in [0.29, 0.717) is 16.4 Å². The highest BCUT2D eigenvalue weighted by molar-refractivity contribution is 6.31. The Kier molecular flexibility index (Phi) is 5.54. The number of benzene rings is 3. The van der Waals surface area contributed by atoms with Crippen LogP contribution in [-0.4, -0.2) is 34.9 Å². The van der Waals surface area contributed by atoms with Crippen molar-refractivity contribution in [3.63, 3.8) is 0 Å². The van der Waals surface area contributed by atoms with E-state index in [-0.39, 0.29) is 18.4 Å². The van der Waals surface area contributed by atoms with E-state index >= 15 is 0 Å². The minimum Gasteiger partial charge on any atom is -0.497 e. The summed E-state index contributed by atoms with van der Waals surface area (Å²) in [4.78, 5) is 28.4. The van der Waals surface area contributed by atoms with Crippen LogP contribution in [0.5, 0.6) is 5.75 Å². The number of nitrogens with zero attached hydrogens (tertiary/aromatic N) is 2. The molecule has 2 amide bonds. The van der Waals surface area contributed by atoms with Gasteiger partial charge in [-0.1, -0.05) is 48.0 Å². The standard InChI is InChI=1S/C27H24ClN3O3/c1-16-20(28)8-6-9-21(16)29-23(32)15-31-25(17-11-13-18(34-3)14-12-17)24-19-7-4-5-10-22(19)30(2)26(24)27(31)33/h4-14,25H,15H2,1-3H3,(H,29,32)/t25-/m1/s1. The van der Waals surface area contributed by atoms with Crippen LogP contribution in [0.3, 0.4) is 0 Å². The summed E-state index contributed by atoms with van der Waals surface area (Å²) in [7, 11) is 3.51. The molecule has 0 saturated heterocycles. The fraction of sp³-hybridized carbons (Fsp3) is 0.185. The minimum atomic E-state index is -0.397. The van der Waals surface area contributed by atoms with E-state index in [0.717, 1.165) is 33.3 Å². The Labute approximate surface area is 202 Å². The molecule has 34 heavy (non-hydrogen) atoms. The zero-order valence-corrected chi connectivity index (χ0v) is 19.9. The van der Waals surface area contributed by atoms with Crippen molar-refractivity contribution in [2.24, 2.45) is 7.05 Å². The number of anilines is 1. The number of hydrogen-bond acceptors (Lipinski definition) is 3. The topological polar surface area (TPSA) is 63.6 Å². The molecule has 1 aliphatic heterocycles. The number of carbonyl (C=O) groups excluding carboxylic acids is 2. The van der Waals surface area contributed by atoms with Gasteiger partial charge in [-0.2, -0.15) is 0 Å².